The number of hydrogen-bond acceptors (Lipinski definition) is 3. The molecule has 1 amide bonds. The molecule has 3 rings (SSSR count). The Kier molecular flexibility index (Phi) is 5.10. The van der Waals surface area contributed by atoms with Crippen LogP contribution in [0, 0.1) is 0 Å². The lowest BCUT2D eigenvalue weighted by atomic mass is 10.0. The van der Waals surface area contributed by atoms with Crippen LogP contribution in [0.15, 0.2) is 66.9 Å². The van der Waals surface area contributed by atoms with E-state index in [1.54, 1.807) is 12.2 Å². The SMILES string of the molecule is Cn1cc(/C=C/C(=O)c2ccc3ccccc3c2)cc1/C=C/C(=O)NO. The average Bonchev–Trinajstić information content (AvgIpc) is 3.03. The summed E-state index contributed by atoms with van der Waals surface area (Å²) in [5.74, 6) is -0.675. The molecule has 0 bridgehead atoms. The lowest BCUT2D eigenvalue weighted by Crippen LogP contribution is -2.14. The van der Waals surface area contributed by atoms with E-state index in [4.69, 9.17) is 5.21 Å². The first kappa shape index (κ1) is 17.4. The molecule has 1 aromatic heterocycles. The highest BCUT2D eigenvalue weighted by Crippen LogP contribution is 2.17. The molecule has 0 aliphatic heterocycles. The number of aryl methyl sites for hydroxylation is 1. The van der Waals surface area contributed by atoms with Gasteiger partial charge < -0.3 is 4.57 Å². The van der Waals surface area contributed by atoms with Crippen molar-refractivity contribution in [3.05, 3.63) is 83.7 Å². The molecule has 0 aliphatic rings. The smallest absolute Gasteiger partial charge is 0.267 e. The Morgan fingerprint density at radius 1 is 1.00 bits per heavy atom. The van der Waals surface area contributed by atoms with Crippen LogP contribution in [0.3, 0.4) is 0 Å². The van der Waals surface area contributed by atoms with Gasteiger partial charge in [-0.15, -0.1) is 0 Å². The van der Waals surface area contributed by atoms with Crippen LogP contribution in [0.1, 0.15) is 21.6 Å². The van der Waals surface area contributed by atoms with Crippen molar-refractivity contribution in [2.45, 2.75) is 0 Å². The molecule has 5 heteroatoms. The van der Waals surface area contributed by atoms with Crippen LogP contribution >= 0.6 is 0 Å². The number of hydroxylamine groups is 1. The summed E-state index contributed by atoms with van der Waals surface area (Å²) >= 11 is 0. The normalized spacial score (nSPS) is 11.5. The number of ketones is 1. The number of nitrogens with zero attached hydrogens (tertiary/aromatic N) is 1. The first-order chi connectivity index (χ1) is 12.6. The molecule has 0 atom stereocenters. The van der Waals surface area contributed by atoms with Crippen LogP contribution in [0.4, 0.5) is 0 Å². The number of aromatic nitrogens is 1. The quantitative estimate of drug-likeness (QED) is 0.321. The Balaban J connectivity index is 1.77. The second kappa shape index (κ2) is 7.63. The van der Waals surface area contributed by atoms with Crippen LogP contribution in [0.25, 0.3) is 22.9 Å². The number of allylic oxidation sites excluding steroid dienone is 1. The van der Waals surface area contributed by atoms with Gasteiger partial charge in [0.25, 0.3) is 5.91 Å². The zero-order chi connectivity index (χ0) is 18.5. The maximum Gasteiger partial charge on any atom is 0.267 e. The van der Waals surface area contributed by atoms with Gasteiger partial charge in [-0.1, -0.05) is 36.4 Å². The van der Waals surface area contributed by atoms with Gasteiger partial charge in [0.05, 0.1) is 0 Å². The highest BCUT2D eigenvalue weighted by molar-refractivity contribution is 6.08. The van der Waals surface area contributed by atoms with E-state index in [0.717, 1.165) is 22.0 Å². The summed E-state index contributed by atoms with van der Waals surface area (Å²) in [5.41, 5.74) is 3.78. The summed E-state index contributed by atoms with van der Waals surface area (Å²) in [6.45, 7) is 0. The third kappa shape index (κ3) is 3.96. The third-order valence-electron chi connectivity index (χ3n) is 4.04. The number of carbonyl (C=O) groups is 2. The molecule has 1 heterocycles. The fourth-order valence-corrected chi connectivity index (χ4v) is 2.67. The van der Waals surface area contributed by atoms with E-state index in [2.05, 4.69) is 0 Å². The summed E-state index contributed by atoms with van der Waals surface area (Å²) < 4.78 is 1.82. The predicted octanol–water partition coefficient (Wildman–Crippen LogP) is 3.59. The lowest BCUT2D eigenvalue weighted by molar-refractivity contribution is -0.124. The molecule has 2 N–H and O–H groups in total. The number of amides is 1. The van der Waals surface area contributed by atoms with Gasteiger partial charge in [0.15, 0.2) is 5.78 Å². The summed E-state index contributed by atoms with van der Waals surface area (Å²) in [6, 6.07) is 15.4. The molecule has 0 fully saturated rings. The number of hydrogen-bond donors (Lipinski definition) is 2. The minimum Gasteiger partial charge on any atom is -0.350 e. The molecule has 5 nitrogen and oxygen atoms in total. The van der Waals surface area contributed by atoms with E-state index in [0.29, 0.717) is 5.56 Å². The number of carbonyl (C=O) groups excluding carboxylic acids is 2. The van der Waals surface area contributed by atoms with Gasteiger partial charge in [-0.05, 0) is 46.7 Å². The summed E-state index contributed by atoms with van der Waals surface area (Å²) in [5, 5.41) is 10.6. The second-order valence-corrected chi connectivity index (χ2v) is 5.88. The summed E-state index contributed by atoms with van der Waals surface area (Å²) in [4.78, 5) is 23.5. The van der Waals surface area contributed by atoms with Crippen LogP contribution in [-0.4, -0.2) is 21.5 Å². The molecular formula is C21H18N2O3. The number of rotatable bonds is 5. The molecule has 0 radical (unpaired) electrons. The van der Waals surface area contributed by atoms with Crippen LogP contribution in [-0.2, 0) is 11.8 Å². The lowest BCUT2D eigenvalue weighted by Gasteiger charge is -2.00. The zero-order valence-corrected chi connectivity index (χ0v) is 14.2. The maximum absolute atomic E-state index is 12.4. The number of benzene rings is 2. The third-order valence-corrected chi connectivity index (χ3v) is 4.04. The van der Waals surface area contributed by atoms with Gasteiger partial charge in [0.2, 0.25) is 0 Å². The Morgan fingerprint density at radius 2 is 1.77 bits per heavy atom. The molecule has 0 unspecified atom stereocenters. The molecule has 130 valence electrons. The molecule has 0 saturated carbocycles. The first-order valence-corrected chi connectivity index (χ1v) is 8.06. The molecule has 0 saturated heterocycles. The van der Waals surface area contributed by atoms with Gasteiger partial charge in [0.1, 0.15) is 0 Å². The van der Waals surface area contributed by atoms with E-state index in [9.17, 15) is 9.59 Å². The Morgan fingerprint density at radius 3 is 2.54 bits per heavy atom. The minimum atomic E-state index is -0.602. The Labute approximate surface area is 150 Å². The Bertz CT molecular complexity index is 1030. The standard InChI is InChI=1S/C21H18N2O3/c1-23-14-15(12-19(23)9-11-21(25)22-26)6-10-20(24)18-8-7-16-4-2-3-5-17(16)13-18/h2-14,26H,1H3,(H,22,25)/b10-6+,11-9+. The fourth-order valence-electron chi connectivity index (χ4n) is 2.67. The van der Waals surface area contributed by atoms with E-state index < -0.39 is 5.91 Å². The van der Waals surface area contributed by atoms with Crippen molar-refractivity contribution in [3.63, 3.8) is 0 Å². The number of nitrogens with one attached hydrogen (secondary N) is 1. The molecule has 26 heavy (non-hydrogen) atoms. The van der Waals surface area contributed by atoms with Crippen molar-refractivity contribution in [3.8, 4) is 0 Å². The van der Waals surface area contributed by atoms with Gasteiger partial charge in [0, 0.05) is 30.6 Å². The van der Waals surface area contributed by atoms with Crippen molar-refractivity contribution in [1.82, 2.24) is 10.0 Å². The largest absolute Gasteiger partial charge is 0.350 e. The van der Waals surface area contributed by atoms with E-state index in [-0.39, 0.29) is 5.78 Å². The molecule has 0 spiro atoms. The van der Waals surface area contributed by atoms with Gasteiger partial charge >= 0.3 is 0 Å². The molecular weight excluding hydrogens is 328 g/mol. The van der Waals surface area contributed by atoms with Crippen LogP contribution in [0.5, 0.6) is 0 Å². The highest BCUT2D eigenvalue weighted by Gasteiger charge is 2.04. The van der Waals surface area contributed by atoms with Crippen molar-refractivity contribution in [2.75, 3.05) is 0 Å². The summed E-state index contributed by atoms with van der Waals surface area (Å²) in [7, 11) is 1.83. The van der Waals surface area contributed by atoms with Crippen LogP contribution < -0.4 is 5.48 Å². The van der Waals surface area contributed by atoms with E-state index in [1.165, 1.54) is 17.6 Å². The van der Waals surface area contributed by atoms with Crippen LogP contribution in [0.2, 0.25) is 0 Å². The molecule has 2 aromatic carbocycles. The fraction of sp³-hybridized carbons (Fsp3) is 0.0476. The first-order valence-electron chi connectivity index (χ1n) is 8.06. The van der Waals surface area contributed by atoms with E-state index in [1.807, 2.05) is 66.3 Å². The average molecular weight is 346 g/mol. The monoisotopic (exact) mass is 346 g/mol. The van der Waals surface area contributed by atoms with Crippen molar-refractivity contribution >= 4 is 34.6 Å². The highest BCUT2D eigenvalue weighted by atomic mass is 16.5. The Hall–Kier alpha value is -3.44. The predicted molar refractivity (Wildman–Crippen MR) is 102 cm³/mol. The van der Waals surface area contributed by atoms with Gasteiger partial charge in [-0.3, -0.25) is 14.8 Å². The summed E-state index contributed by atoms with van der Waals surface area (Å²) in [6.07, 6.45) is 7.92. The van der Waals surface area contributed by atoms with Crippen molar-refractivity contribution in [2.24, 2.45) is 7.05 Å². The molecule has 0 aliphatic carbocycles. The van der Waals surface area contributed by atoms with Crippen molar-refractivity contribution < 1.29 is 14.8 Å². The van der Waals surface area contributed by atoms with E-state index >= 15 is 0 Å². The van der Waals surface area contributed by atoms with Gasteiger partial charge in [-0.2, -0.15) is 0 Å². The minimum absolute atomic E-state index is 0.0728. The maximum atomic E-state index is 12.4. The zero-order valence-electron chi connectivity index (χ0n) is 14.2. The second-order valence-electron chi connectivity index (χ2n) is 5.88. The number of fused-ring (bicyclic) bond motifs is 1. The topological polar surface area (TPSA) is 71.3 Å². The van der Waals surface area contributed by atoms with Gasteiger partial charge in [-0.25, -0.2) is 5.48 Å². The molecule has 3 aromatic rings. The van der Waals surface area contributed by atoms with Crippen molar-refractivity contribution in [1.29, 1.82) is 0 Å².